The monoisotopic (exact) mass is 581 g/mol. The molecular formula is C31H39N3O8. The van der Waals surface area contributed by atoms with E-state index < -0.39 is 48.2 Å². The van der Waals surface area contributed by atoms with Crippen LogP contribution in [0.15, 0.2) is 48.5 Å². The molecule has 0 heterocycles. The van der Waals surface area contributed by atoms with Gasteiger partial charge in [-0.1, -0.05) is 36.3 Å². The minimum atomic E-state index is -1.32. The normalized spacial score (nSPS) is 12.3. The number of alkyl carbamates (subject to hydrolysis) is 1. The summed E-state index contributed by atoms with van der Waals surface area (Å²) in [6.45, 7) is 6.03. The molecule has 226 valence electrons. The van der Waals surface area contributed by atoms with Crippen molar-refractivity contribution in [2.45, 2.75) is 58.2 Å². The SMILES string of the molecule is C#Cc1ccccc1C(C(=O)NCCC(=O)OCC)N(CCO)C(=O)C(Cc1ccc(O)cc1)NC(=O)OC(C)(C)C. The number of hydrogen-bond acceptors (Lipinski definition) is 8. The van der Waals surface area contributed by atoms with Crippen molar-refractivity contribution in [2.75, 3.05) is 26.3 Å². The fourth-order valence-corrected chi connectivity index (χ4v) is 4.13. The summed E-state index contributed by atoms with van der Waals surface area (Å²) >= 11 is 0. The van der Waals surface area contributed by atoms with E-state index in [0.29, 0.717) is 16.7 Å². The molecule has 11 heteroatoms. The second-order valence-electron chi connectivity index (χ2n) is 10.3. The first-order valence-electron chi connectivity index (χ1n) is 13.6. The number of aliphatic hydroxyl groups excluding tert-OH is 1. The summed E-state index contributed by atoms with van der Waals surface area (Å²) in [5.74, 6) is 0.699. The van der Waals surface area contributed by atoms with Gasteiger partial charge in [0, 0.05) is 25.1 Å². The van der Waals surface area contributed by atoms with Crippen molar-refractivity contribution in [2.24, 2.45) is 0 Å². The van der Waals surface area contributed by atoms with Gasteiger partial charge in [0.15, 0.2) is 0 Å². The first kappa shape index (κ1) is 33.6. The van der Waals surface area contributed by atoms with Crippen LogP contribution in [0.3, 0.4) is 0 Å². The molecule has 0 fully saturated rings. The van der Waals surface area contributed by atoms with Crippen molar-refractivity contribution in [1.29, 1.82) is 0 Å². The molecule has 0 aliphatic rings. The lowest BCUT2D eigenvalue weighted by atomic mass is 9.96. The molecule has 0 aromatic heterocycles. The largest absolute Gasteiger partial charge is 0.508 e. The molecule has 2 unspecified atom stereocenters. The topological polar surface area (TPSA) is 154 Å². The zero-order chi connectivity index (χ0) is 31.3. The predicted octanol–water partition coefficient (Wildman–Crippen LogP) is 2.44. The Hall–Kier alpha value is -4.56. The number of rotatable bonds is 13. The molecule has 0 saturated carbocycles. The van der Waals surface area contributed by atoms with E-state index in [0.717, 1.165) is 4.90 Å². The van der Waals surface area contributed by atoms with E-state index in [1.165, 1.54) is 12.1 Å². The molecule has 2 aromatic carbocycles. The van der Waals surface area contributed by atoms with Crippen LogP contribution in [0.1, 0.15) is 56.8 Å². The highest BCUT2D eigenvalue weighted by atomic mass is 16.6. The molecule has 0 aliphatic carbocycles. The van der Waals surface area contributed by atoms with Crippen LogP contribution < -0.4 is 10.6 Å². The molecule has 0 saturated heterocycles. The van der Waals surface area contributed by atoms with E-state index in [-0.39, 0.29) is 38.3 Å². The molecule has 0 bridgehead atoms. The lowest BCUT2D eigenvalue weighted by molar-refractivity contribution is -0.144. The molecular weight excluding hydrogens is 542 g/mol. The summed E-state index contributed by atoms with van der Waals surface area (Å²) in [6, 6.07) is 10.1. The summed E-state index contributed by atoms with van der Waals surface area (Å²) in [6.07, 6.45) is 4.75. The third-order valence-electron chi connectivity index (χ3n) is 5.89. The maximum atomic E-state index is 14.2. The summed E-state index contributed by atoms with van der Waals surface area (Å²) in [5.41, 5.74) is 0.407. The number of carbonyl (C=O) groups is 4. The number of carbonyl (C=O) groups excluding carboxylic acids is 4. The third-order valence-corrected chi connectivity index (χ3v) is 5.89. The summed E-state index contributed by atoms with van der Waals surface area (Å²) in [4.78, 5) is 53.6. The van der Waals surface area contributed by atoms with Gasteiger partial charge in [-0.25, -0.2) is 4.79 Å². The molecule has 0 aliphatic heterocycles. The first-order valence-corrected chi connectivity index (χ1v) is 13.6. The molecule has 0 radical (unpaired) electrons. The zero-order valence-electron chi connectivity index (χ0n) is 24.4. The van der Waals surface area contributed by atoms with Gasteiger partial charge in [-0.05, 0) is 57.0 Å². The van der Waals surface area contributed by atoms with Gasteiger partial charge in [-0.15, -0.1) is 6.42 Å². The van der Waals surface area contributed by atoms with E-state index in [2.05, 4.69) is 16.6 Å². The molecule has 4 N–H and O–H groups in total. The van der Waals surface area contributed by atoms with Gasteiger partial charge in [0.2, 0.25) is 11.8 Å². The summed E-state index contributed by atoms with van der Waals surface area (Å²) in [7, 11) is 0. The molecule has 2 aromatic rings. The van der Waals surface area contributed by atoms with Gasteiger partial charge >= 0.3 is 12.1 Å². The van der Waals surface area contributed by atoms with Gasteiger partial charge in [-0.3, -0.25) is 14.4 Å². The number of phenolic OH excluding ortho intramolecular Hbond substituents is 1. The fraction of sp³-hybridized carbons (Fsp3) is 0.419. The Morgan fingerprint density at radius 2 is 1.74 bits per heavy atom. The number of benzene rings is 2. The fourth-order valence-electron chi connectivity index (χ4n) is 4.13. The van der Waals surface area contributed by atoms with Crippen LogP contribution in [-0.4, -0.2) is 76.9 Å². The van der Waals surface area contributed by atoms with Crippen molar-refractivity contribution < 1.29 is 38.9 Å². The number of ether oxygens (including phenoxy) is 2. The van der Waals surface area contributed by atoms with E-state index >= 15 is 0 Å². The maximum absolute atomic E-state index is 14.2. The van der Waals surface area contributed by atoms with Crippen LogP contribution in [0, 0.1) is 12.3 Å². The second kappa shape index (κ2) is 16.0. The minimum Gasteiger partial charge on any atom is -0.508 e. The second-order valence-corrected chi connectivity index (χ2v) is 10.3. The summed E-state index contributed by atoms with van der Waals surface area (Å²) in [5, 5.41) is 24.9. The third kappa shape index (κ3) is 10.4. The van der Waals surface area contributed by atoms with Gasteiger partial charge in [-0.2, -0.15) is 0 Å². The minimum absolute atomic E-state index is 0.0196. The number of terminal acetylenes is 1. The average molecular weight is 582 g/mol. The number of aliphatic hydroxyl groups is 1. The molecule has 2 atom stereocenters. The van der Waals surface area contributed by atoms with Crippen LogP contribution in [0.2, 0.25) is 0 Å². The van der Waals surface area contributed by atoms with E-state index in [1.807, 2.05) is 0 Å². The van der Waals surface area contributed by atoms with Crippen LogP contribution in [0.25, 0.3) is 0 Å². The number of esters is 1. The Bertz CT molecular complexity index is 1260. The van der Waals surface area contributed by atoms with Crippen LogP contribution in [-0.2, 0) is 30.3 Å². The quantitative estimate of drug-likeness (QED) is 0.208. The van der Waals surface area contributed by atoms with Crippen molar-refractivity contribution in [3.63, 3.8) is 0 Å². The average Bonchev–Trinajstić information content (AvgIpc) is 2.92. The number of aromatic hydroxyl groups is 1. The lowest BCUT2D eigenvalue weighted by Crippen LogP contribution is -2.54. The van der Waals surface area contributed by atoms with Crippen LogP contribution in [0.5, 0.6) is 5.75 Å². The van der Waals surface area contributed by atoms with Crippen molar-refractivity contribution in [1.82, 2.24) is 15.5 Å². The highest BCUT2D eigenvalue weighted by Gasteiger charge is 2.37. The highest BCUT2D eigenvalue weighted by molar-refractivity contribution is 5.93. The predicted molar refractivity (Wildman–Crippen MR) is 155 cm³/mol. The Morgan fingerprint density at radius 3 is 2.33 bits per heavy atom. The Balaban J connectivity index is 2.52. The van der Waals surface area contributed by atoms with Crippen LogP contribution in [0.4, 0.5) is 4.79 Å². The Kier molecular flexibility index (Phi) is 12.8. The van der Waals surface area contributed by atoms with Gasteiger partial charge in [0.25, 0.3) is 0 Å². The molecule has 42 heavy (non-hydrogen) atoms. The molecule has 3 amide bonds. The molecule has 2 rings (SSSR count). The summed E-state index contributed by atoms with van der Waals surface area (Å²) < 4.78 is 10.3. The van der Waals surface area contributed by atoms with Gasteiger partial charge < -0.3 is 35.2 Å². The van der Waals surface area contributed by atoms with E-state index in [9.17, 15) is 29.4 Å². The Labute approximate surface area is 246 Å². The number of phenols is 1. The van der Waals surface area contributed by atoms with E-state index in [1.54, 1.807) is 64.1 Å². The van der Waals surface area contributed by atoms with Crippen molar-refractivity contribution in [3.8, 4) is 18.1 Å². The lowest BCUT2D eigenvalue weighted by Gasteiger charge is -2.34. The number of nitrogens with zero attached hydrogens (tertiary/aromatic N) is 1. The van der Waals surface area contributed by atoms with Crippen LogP contribution >= 0.6 is 0 Å². The van der Waals surface area contributed by atoms with E-state index in [4.69, 9.17) is 15.9 Å². The van der Waals surface area contributed by atoms with Crippen molar-refractivity contribution in [3.05, 3.63) is 65.2 Å². The number of hydrogen-bond donors (Lipinski definition) is 4. The van der Waals surface area contributed by atoms with Gasteiger partial charge in [0.05, 0.1) is 19.6 Å². The highest BCUT2D eigenvalue weighted by Crippen LogP contribution is 2.26. The molecule has 11 nitrogen and oxygen atoms in total. The van der Waals surface area contributed by atoms with Gasteiger partial charge in [0.1, 0.15) is 23.4 Å². The van der Waals surface area contributed by atoms with Crippen molar-refractivity contribution >= 4 is 23.9 Å². The Morgan fingerprint density at radius 1 is 1.07 bits per heavy atom. The first-order chi connectivity index (χ1) is 19.9. The standard InChI is InChI=1S/C31H39N3O8/c1-6-22-10-8-9-11-24(22)27(28(38)32-17-16-26(37)41-7-2)34(18-19-35)29(39)25(33-30(40)42-31(3,4)5)20-21-12-14-23(36)15-13-21/h1,8-15,25,27,35-36H,7,16-20H2,2-5H3,(H,32,38)(H,33,40). The molecule has 0 spiro atoms. The zero-order valence-corrected chi connectivity index (χ0v) is 24.4. The smallest absolute Gasteiger partial charge is 0.408 e. The number of amides is 3. The number of nitrogens with one attached hydrogen (secondary N) is 2. The maximum Gasteiger partial charge on any atom is 0.408 e.